The van der Waals surface area contributed by atoms with Crippen LogP contribution in [-0.4, -0.2) is 42.3 Å². The van der Waals surface area contributed by atoms with Crippen molar-refractivity contribution in [2.24, 2.45) is 0 Å². The Labute approximate surface area is 92.4 Å². The van der Waals surface area contributed by atoms with Crippen LogP contribution in [0, 0.1) is 6.92 Å². The Bertz CT molecular complexity index is 65.0. The van der Waals surface area contributed by atoms with E-state index in [1.54, 1.807) is 0 Å². The molecule has 0 amide bonds. The third-order valence-corrected chi connectivity index (χ3v) is 0.214. The quantitative estimate of drug-likeness (QED) is 0.358. The second kappa shape index (κ2) is 91.3. The van der Waals surface area contributed by atoms with Gasteiger partial charge in [0.1, 0.15) is 0 Å². The van der Waals surface area contributed by atoms with E-state index >= 15 is 0 Å². The molecule has 0 saturated heterocycles. The molecule has 0 aliphatic rings. The molecule has 0 aliphatic carbocycles. The Morgan fingerprint density at radius 2 is 1.38 bits per heavy atom. The number of hydrogen-bond acceptors (Lipinski definition) is 4. The molecular formula is C6H14ClO5Ru. The summed E-state index contributed by atoms with van der Waals surface area (Å²) < 4.78 is 0. The van der Waals surface area contributed by atoms with Crippen molar-refractivity contribution in [3.63, 3.8) is 0 Å². The Kier molecular flexibility index (Phi) is 206. The van der Waals surface area contributed by atoms with Gasteiger partial charge in [0.2, 0.25) is 0 Å². The molecule has 0 rings (SSSR count). The van der Waals surface area contributed by atoms with Crippen molar-refractivity contribution in [3.05, 3.63) is 6.92 Å². The molecule has 0 unspecified atom stereocenters. The first-order chi connectivity index (χ1) is 6.27. The zero-order chi connectivity index (χ0) is 12.3. The zero-order valence-corrected chi connectivity index (χ0v) is 9.88. The van der Waals surface area contributed by atoms with Gasteiger partial charge in [0.05, 0.1) is 0 Å². The van der Waals surface area contributed by atoms with Crippen molar-refractivity contribution in [1.29, 1.82) is 0 Å². The Hall–Kier alpha value is -0.0266. The molecule has 83 valence electrons. The molecule has 13 heavy (non-hydrogen) atoms. The van der Waals surface area contributed by atoms with Gasteiger partial charge in [0.15, 0.2) is 0 Å². The number of aliphatic carboxylic acids is 1. The number of aliphatic hydroxyl groups is 2. The summed E-state index contributed by atoms with van der Waals surface area (Å²) in [6.07, 6.45) is -0.0278. The fourth-order valence-electron chi connectivity index (χ4n) is 0. The normalized spacial score (nSPS) is 4.46. The number of halogens is 1. The van der Waals surface area contributed by atoms with Gasteiger partial charge in [0.25, 0.3) is 5.97 Å². The molecule has 0 aromatic carbocycles. The predicted octanol–water partition coefficient (Wildman–Crippen LogP) is -0.0749. The Morgan fingerprint density at radius 3 is 1.38 bits per heavy atom. The van der Waals surface area contributed by atoms with Crippen molar-refractivity contribution in [3.8, 4) is 0 Å². The van der Waals surface area contributed by atoms with E-state index in [-0.39, 0.29) is 6.42 Å². The number of carboxylic acid groups (broad SMARTS) is 1. The first kappa shape index (κ1) is 29.3. The van der Waals surface area contributed by atoms with Crippen LogP contribution in [0.4, 0.5) is 0 Å². The summed E-state index contributed by atoms with van der Waals surface area (Å²) in [4.78, 5) is 17.1. The van der Waals surface area contributed by atoms with Crippen molar-refractivity contribution < 1.29 is 42.2 Å². The van der Waals surface area contributed by atoms with E-state index in [0.717, 1.165) is 14.2 Å². The molecule has 0 aromatic rings. The number of carboxylic acids is 1. The second-order valence-electron chi connectivity index (χ2n) is 0.644. The van der Waals surface area contributed by atoms with E-state index in [2.05, 4.69) is 23.4 Å². The van der Waals surface area contributed by atoms with Crippen LogP contribution < -0.4 is 0 Å². The van der Waals surface area contributed by atoms with Crippen LogP contribution in [0.15, 0.2) is 0 Å². The van der Waals surface area contributed by atoms with Gasteiger partial charge in [-0.3, -0.25) is 11.6 Å². The molecule has 3 N–H and O–H groups in total. The summed E-state index contributed by atoms with van der Waals surface area (Å²) in [7, 11) is 6.57. The summed E-state index contributed by atoms with van der Waals surface area (Å²) in [5.74, 6) is -0.856. The average Bonchev–Trinajstić information content (AvgIpc) is 2.29. The van der Waals surface area contributed by atoms with Crippen LogP contribution in [0.25, 0.3) is 0 Å². The number of carbonyl (C=O) groups excluding carboxylic acids is 1. The first-order valence-corrected chi connectivity index (χ1v) is 4.78. The van der Waals surface area contributed by atoms with Gasteiger partial charge in [-0.15, -0.1) is 0 Å². The maximum absolute atomic E-state index is 9.31. The Morgan fingerprint density at radius 1 is 1.31 bits per heavy atom. The summed E-state index contributed by atoms with van der Waals surface area (Å²) in [6.45, 7) is 6.34. The average molecular weight is 303 g/mol. The third-order valence-electron chi connectivity index (χ3n) is 0.214. The minimum absolute atomic E-state index is 0.0278. The van der Waals surface area contributed by atoms with E-state index < -0.39 is 5.97 Å². The molecule has 0 aromatic heterocycles. The number of carbonyl (C=O) groups is 1. The van der Waals surface area contributed by atoms with Gasteiger partial charge in [0, 0.05) is 14.2 Å². The summed E-state index contributed by atoms with van der Waals surface area (Å²) in [6, 6.07) is 0. The van der Waals surface area contributed by atoms with Crippen LogP contribution in [0.3, 0.4) is 0 Å². The van der Waals surface area contributed by atoms with Crippen molar-refractivity contribution >= 4 is 22.4 Å². The van der Waals surface area contributed by atoms with Crippen LogP contribution in [0.5, 0.6) is 0 Å². The first-order valence-electron chi connectivity index (χ1n) is 2.55. The monoisotopic (exact) mass is 303 g/mol. The summed E-state index contributed by atoms with van der Waals surface area (Å²) in [5.41, 5.74) is 0. The molecule has 0 bridgehead atoms. The van der Waals surface area contributed by atoms with E-state index in [1.807, 2.05) is 17.3 Å². The van der Waals surface area contributed by atoms with Crippen LogP contribution >= 0.6 is 9.69 Å². The standard InChI is InChI=1S/C3H5O2.2CH4O.CHO.ClH.Ru/c1-2-3(4)5;3*1-2;;/h1-2H2,(H,4,5);2*2H,1H3;1H;1H;/q-1;;;-1;;+3/p-1. The van der Waals surface area contributed by atoms with Crippen LogP contribution in [-0.2, 0) is 26.9 Å². The molecule has 7 heteroatoms. The van der Waals surface area contributed by atoms with Crippen molar-refractivity contribution in [2.75, 3.05) is 14.2 Å². The van der Waals surface area contributed by atoms with Gasteiger partial charge in [-0.2, -0.15) is 0 Å². The Balaban J connectivity index is -0.0000000230. The van der Waals surface area contributed by atoms with E-state index in [1.165, 1.54) is 0 Å². The van der Waals surface area contributed by atoms with E-state index in [9.17, 15) is 4.79 Å². The summed E-state index contributed by atoms with van der Waals surface area (Å²) >= 11 is 1.82. The minimum atomic E-state index is -0.856. The SMILES string of the molecule is CO.CO.[CH-]=O.[CH2-]CC(=O)O.[Cl][Ru+2]. The number of rotatable bonds is 1. The van der Waals surface area contributed by atoms with Crippen LogP contribution in [0.2, 0.25) is 0 Å². The van der Waals surface area contributed by atoms with Gasteiger partial charge >= 0.3 is 27.0 Å². The van der Waals surface area contributed by atoms with Crippen LogP contribution in [0.1, 0.15) is 6.42 Å². The molecule has 0 spiro atoms. The molecule has 5 nitrogen and oxygen atoms in total. The fraction of sp³-hybridized carbons (Fsp3) is 0.500. The maximum atomic E-state index is 9.31. The summed E-state index contributed by atoms with van der Waals surface area (Å²) in [5, 5.41) is 21.7. The number of aliphatic hydroxyl groups excluding tert-OH is 2. The molecule has 0 heterocycles. The predicted molar refractivity (Wildman–Crippen MR) is 46.5 cm³/mol. The van der Waals surface area contributed by atoms with Gasteiger partial charge in [-0.05, 0) is 0 Å². The van der Waals surface area contributed by atoms with Crippen molar-refractivity contribution in [2.45, 2.75) is 6.42 Å². The fourth-order valence-corrected chi connectivity index (χ4v) is 0. The van der Waals surface area contributed by atoms with E-state index in [0.29, 0.717) is 0 Å². The molecule has 0 atom stereocenters. The van der Waals surface area contributed by atoms with Gasteiger partial charge in [-0.1, -0.05) is 6.42 Å². The molecule has 0 aliphatic heterocycles. The molecule has 0 fully saturated rings. The molecule has 0 saturated carbocycles. The second-order valence-corrected chi connectivity index (χ2v) is 0.644. The van der Waals surface area contributed by atoms with E-state index in [4.69, 9.17) is 20.1 Å². The molecular weight excluding hydrogens is 289 g/mol. The topological polar surface area (TPSA) is 94.8 Å². The van der Waals surface area contributed by atoms with Crippen molar-refractivity contribution in [1.82, 2.24) is 0 Å². The molecule has 0 radical (unpaired) electrons. The van der Waals surface area contributed by atoms with Gasteiger partial charge in [-0.25, -0.2) is 0 Å². The zero-order valence-electron chi connectivity index (χ0n) is 7.38. The third kappa shape index (κ3) is 306. The number of hydrogen-bond donors (Lipinski definition) is 3. The van der Waals surface area contributed by atoms with Gasteiger partial charge < -0.3 is 27.0 Å².